The molecule has 0 aliphatic heterocycles. The highest BCUT2D eigenvalue weighted by Crippen LogP contribution is 2.32. The largest absolute Gasteiger partial charge is 0.323 e. The first-order chi connectivity index (χ1) is 13.6. The number of rotatable bonds is 5. The van der Waals surface area contributed by atoms with Crippen LogP contribution in [0, 0.1) is 5.82 Å². The second kappa shape index (κ2) is 8.08. The molecule has 0 fully saturated rings. The third-order valence-corrected chi connectivity index (χ3v) is 6.07. The number of aromatic nitrogens is 2. The summed E-state index contributed by atoms with van der Waals surface area (Å²) in [6.45, 7) is 1.78. The fourth-order valence-corrected chi connectivity index (χ4v) is 4.27. The van der Waals surface area contributed by atoms with E-state index in [4.69, 9.17) is 4.98 Å². The summed E-state index contributed by atoms with van der Waals surface area (Å²) < 4.78 is 13.8. The van der Waals surface area contributed by atoms with Gasteiger partial charge in [0.2, 0.25) is 5.91 Å². The zero-order valence-electron chi connectivity index (χ0n) is 14.9. The fourth-order valence-electron chi connectivity index (χ4n) is 2.67. The molecule has 0 bridgehead atoms. The molecule has 2 aromatic carbocycles. The average molecular weight is 410 g/mol. The van der Waals surface area contributed by atoms with E-state index in [9.17, 15) is 9.18 Å². The zero-order chi connectivity index (χ0) is 19.5. The summed E-state index contributed by atoms with van der Waals surface area (Å²) in [6.07, 6.45) is 0. The van der Waals surface area contributed by atoms with Gasteiger partial charge in [-0.05, 0) is 36.6 Å². The highest BCUT2D eigenvalue weighted by molar-refractivity contribution is 8.00. The number of halogens is 1. The molecule has 2 aromatic heterocycles. The lowest BCUT2D eigenvalue weighted by atomic mass is 10.2. The molecule has 1 amide bonds. The monoisotopic (exact) mass is 409 g/mol. The lowest BCUT2D eigenvalue weighted by Gasteiger charge is -2.14. The van der Waals surface area contributed by atoms with Crippen LogP contribution in [0.3, 0.4) is 0 Å². The van der Waals surface area contributed by atoms with Crippen molar-refractivity contribution in [2.45, 2.75) is 17.2 Å². The molecule has 1 atom stereocenters. The molecular weight excluding hydrogens is 393 g/mol. The maximum atomic E-state index is 13.8. The summed E-state index contributed by atoms with van der Waals surface area (Å²) in [5, 5.41) is 5.77. The number of benzene rings is 2. The molecule has 28 heavy (non-hydrogen) atoms. The number of hydrogen-bond donors (Lipinski definition) is 1. The number of carbonyl (C=O) groups is 1. The van der Waals surface area contributed by atoms with Crippen molar-refractivity contribution in [3.05, 3.63) is 71.9 Å². The fraction of sp³-hybridized carbons (Fsp3) is 0.0952. The molecule has 0 saturated carbocycles. The standard InChI is InChI=1S/C21H16FN3OS2/c1-13(20(26)24-17-10-5-3-8-15(17)22)28-21-14-7-2-4-9-16(14)23-19(25-21)18-11-6-12-27-18/h2-13H,1H3,(H,24,26)/t13-/m1/s1. The number of carbonyl (C=O) groups excluding carboxylic acids is 1. The van der Waals surface area contributed by atoms with Crippen LogP contribution in [-0.2, 0) is 4.79 Å². The maximum absolute atomic E-state index is 13.8. The molecule has 0 saturated heterocycles. The predicted molar refractivity (Wildman–Crippen MR) is 113 cm³/mol. The second-order valence-corrected chi connectivity index (χ2v) is 8.35. The van der Waals surface area contributed by atoms with Crippen LogP contribution in [0.5, 0.6) is 0 Å². The van der Waals surface area contributed by atoms with Crippen LogP contribution in [0.25, 0.3) is 21.6 Å². The van der Waals surface area contributed by atoms with Crippen LogP contribution in [-0.4, -0.2) is 21.1 Å². The van der Waals surface area contributed by atoms with Crippen LogP contribution in [0.2, 0.25) is 0 Å². The summed E-state index contributed by atoms with van der Waals surface area (Å²) in [4.78, 5) is 22.9. The zero-order valence-corrected chi connectivity index (χ0v) is 16.6. The summed E-state index contributed by atoms with van der Waals surface area (Å²) in [6, 6.07) is 17.8. The summed E-state index contributed by atoms with van der Waals surface area (Å²) in [5.74, 6) is -0.103. The first kappa shape index (κ1) is 18.6. The van der Waals surface area contributed by atoms with E-state index in [0.29, 0.717) is 5.82 Å². The second-order valence-electron chi connectivity index (χ2n) is 6.08. The molecule has 1 N–H and O–H groups in total. The normalized spacial score (nSPS) is 12.1. The lowest BCUT2D eigenvalue weighted by Crippen LogP contribution is -2.23. The molecule has 7 heteroatoms. The number of fused-ring (bicyclic) bond motifs is 1. The first-order valence-electron chi connectivity index (χ1n) is 8.64. The van der Waals surface area contributed by atoms with Crippen molar-refractivity contribution in [3.8, 4) is 10.7 Å². The number of thioether (sulfide) groups is 1. The summed E-state index contributed by atoms with van der Waals surface area (Å²) in [7, 11) is 0. The Balaban J connectivity index is 1.63. The minimum Gasteiger partial charge on any atom is -0.323 e. The van der Waals surface area contributed by atoms with Gasteiger partial charge in [-0.25, -0.2) is 14.4 Å². The molecule has 140 valence electrons. The Morgan fingerprint density at radius 3 is 2.64 bits per heavy atom. The van der Waals surface area contributed by atoms with Gasteiger partial charge < -0.3 is 5.32 Å². The Labute approximate surface area is 169 Å². The van der Waals surface area contributed by atoms with Gasteiger partial charge in [-0.15, -0.1) is 11.3 Å². The van der Waals surface area contributed by atoms with E-state index in [1.165, 1.54) is 17.8 Å². The Morgan fingerprint density at radius 1 is 1.07 bits per heavy atom. The average Bonchev–Trinajstić information content (AvgIpc) is 3.24. The number of nitrogens with one attached hydrogen (secondary N) is 1. The number of hydrogen-bond acceptors (Lipinski definition) is 5. The minimum atomic E-state index is -0.464. The SMILES string of the molecule is C[C@@H](Sc1nc(-c2cccs2)nc2ccccc12)C(=O)Nc1ccccc1F. The van der Waals surface area contributed by atoms with Crippen LogP contribution in [0.4, 0.5) is 10.1 Å². The summed E-state index contributed by atoms with van der Waals surface area (Å²) >= 11 is 2.90. The molecule has 0 unspecified atom stereocenters. The molecule has 4 aromatic rings. The number of anilines is 1. The van der Waals surface area contributed by atoms with Gasteiger partial charge >= 0.3 is 0 Å². The number of thiophene rings is 1. The van der Waals surface area contributed by atoms with Gasteiger partial charge in [0, 0.05) is 5.39 Å². The molecule has 0 aliphatic rings. The van der Waals surface area contributed by atoms with Crippen molar-refractivity contribution >= 4 is 45.6 Å². The van der Waals surface area contributed by atoms with Gasteiger partial charge in [0.25, 0.3) is 0 Å². The van der Waals surface area contributed by atoms with Gasteiger partial charge in [-0.2, -0.15) is 0 Å². The van der Waals surface area contributed by atoms with E-state index in [0.717, 1.165) is 20.8 Å². The van der Waals surface area contributed by atoms with E-state index < -0.39 is 11.1 Å². The topological polar surface area (TPSA) is 54.9 Å². The van der Waals surface area contributed by atoms with Crippen molar-refractivity contribution in [2.75, 3.05) is 5.32 Å². The third-order valence-electron chi connectivity index (χ3n) is 4.10. The quantitative estimate of drug-likeness (QED) is 0.343. The minimum absolute atomic E-state index is 0.173. The first-order valence-corrected chi connectivity index (χ1v) is 10.4. The number of para-hydroxylation sites is 2. The van der Waals surface area contributed by atoms with Crippen molar-refractivity contribution in [2.24, 2.45) is 0 Å². The molecule has 4 rings (SSSR count). The van der Waals surface area contributed by atoms with E-state index >= 15 is 0 Å². The van der Waals surface area contributed by atoms with E-state index in [1.54, 1.807) is 36.5 Å². The van der Waals surface area contributed by atoms with Crippen LogP contribution >= 0.6 is 23.1 Å². The van der Waals surface area contributed by atoms with Crippen molar-refractivity contribution in [1.29, 1.82) is 0 Å². The number of nitrogens with zero attached hydrogens (tertiary/aromatic N) is 2. The molecule has 0 radical (unpaired) electrons. The maximum Gasteiger partial charge on any atom is 0.237 e. The highest BCUT2D eigenvalue weighted by Gasteiger charge is 2.19. The Morgan fingerprint density at radius 2 is 1.86 bits per heavy atom. The van der Waals surface area contributed by atoms with Crippen molar-refractivity contribution in [1.82, 2.24) is 9.97 Å². The highest BCUT2D eigenvalue weighted by atomic mass is 32.2. The van der Waals surface area contributed by atoms with E-state index in [-0.39, 0.29) is 11.6 Å². The molecule has 2 heterocycles. The third kappa shape index (κ3) is 3.90. The Hall–Kier alpha value is -2.77. The summed E-state index contributed by atoms with van der Waals surface area (Å²) in [5.41, 5.74) is 0.997. The van der Waals surface area contributed by atoms with Gasteiger partial charge in [-0.3, -0.25) is 4.79 Å². The van der Waals surface area contributed by atoms with E-state index in [2.05, 4.69) is 10.3 Å². The van der Waals surface area contributed by atoms with Crippen LogP contribution in [0.15, 0.2) is 71.1 Å². The van der Waals surface area contributed by atoms with E-state index in [1.807, 2.05) is 41.8 Å². The van der Waals surface area contributed by atoms with Gasteiger partial charge in [0.15, 0.2) is 5.82 Å². The molecule has 0 aliphatic carbocycles. The van der Waals surface area contributed by atoms with Crippen molar-refractivity contribution in [3.63, 3.8) is 0 Å². The molecule has 4 nitrogen and oxygen atoms in total. The predicted octanol–water partition coefficient (Wildman–Crippen LogP) is 5.62. The Bertz CT molecular complexity index is 1130. The number of amides is 1. The van der Waals surface area contributed by atoms with Gasteiger partial charge in [0.05, 0.1) is 21.3 Å². The Kier molecular flexibility index (Phi) is 5.36. The van der Waals surface area contributed by atoms with Crippen LogP contribution in [0.1, 0.15) is 6.92 Å². The lowest BCUT2D eigenvalue weighted by molar-refractivity contribution is -0.115. The van der Waals surface area contributed by atoms with Gasteiger partial charge in [-0.1, -0.05) is 48.2 Å². The molecule has 0 spiro atoms. The smallest absolute Gasteiger partial charge is 0.237 e. The molecular formula is C21H16FN3OS2. The van der Waals surface area contributed by atoms with Crippen molar-refractivity contribution < 1.29 is 9.18 Å². The van der Waals surface area contributed by atoms with Gasteiger partial charge in [0.1, 0.15) is 10.8 Å². The van der Waals surface area contributed by atoms with Crippen LogP contribution < -0.4 is 5.32 Å².